The Hall–Kier alpha value is -0.900. The highest BCUT2D eigenvalue weighted by molar-refractivity contribution is 5.33. The molecule has 0 bridgehead atoms. The number of likely N-dealkylation sites (tertiary alicyclic amines) is 1. The van der Waals surface area contributed by atoms with E-state index in [0.29, 0.717) is 11.8 Å². The third-order valence-corrected chi connectivity index (χ3v) is 5.81. The summed E-state index contributed by atoms with van der Waals surface area (Å²) in [7, 11) is 0. The summed E-state index contributed by atoms with van der Waals surface area (Å²) in [5.74, 6) is 0.848. The van der Waals surface area contributed by atoms with E-state index in [1.54, 1.807) is 11.1 Å². The highest BCUT2D eigenvalue weighted by Crippen LogP contribution is 2.26. The van der Waals surface area contributed by atoms with Crippen LogP contribution in [0.4, 0.5) is 0 Å². The van der Waals surface area contributed by atoms with Crippen LogP contribution in [0.25, 0.3) is 0 Å². The number of nitrogens with two attached hydrogens (primary N) is 1. The second kappa shape index (κ2) is 7.99. The first-order chi connectivity index (χ1) is 11.5. The van der Waals surface area contributed by atoms with Crippen LogP contribution in [-0.4, -0.2) is 35.2 Å². The van der Waals surface area contributed by atoms with Crippen molar-refractivity contribution in [1.82, 2.24) is 4.90 Å². The number of fused-ring (bicyclic) bond motifs is 1. The zero-order chi connectivity index (χ0) is 17.1. The number of rotatable bonds is 5. The second-order valence-corrected chi connectivity index (χ2v) is 8.41. The Kier molecular flexibility index (Phi) is 5.96. The number of benzene rings is 1. The van der Waals surface area contributed by atoms with Crippen molar-refractivity contribution in [3.63, 3.8) is 0 Å². The van der Waals surface area contributed by atoms with Gasteiger partial charge in [0.25, 0.3) is 0 Å². The Labute approximate surface area is 147 Å². The summed E-state index contributed by atoms with van der Waals surface area (Å²) < 4.78 is 0. The van der Waals surface area contributed by atoms with E-state index in [0.717, 1.165) is 32.5 Å². The number of nitrogens with zero attached hydrogens (tertiary/aromatic N) is 1. The summed E-state index contributed by atoms with van der Waals surface area (Å²) in [6.45, 7) is 7.23. The van der Waals surface area contributed by atoms with E-state index in [-0.39, 0.29) is 12.1 Å². The predicted molar refractivity (Wildman–Crippen MR) is 99.9 cm³/mol. The van der Waals surface area contributed by atoms with Gasteiger partial charge in [0.2, 0.25) is 0 Å². The van der Waals surface area contributed by atoms with Crippen molar-refractivity contribution in [2.75, 3.05) is 13.1 Å². The standard InChI is InChI=1S/C21H34N2O/c1-15(2)21(24)11-17-10-20(22)14-23(13-17)12-16-7-8-18-5-3-4-6-19(18)9-16/h7-9,15,17,20-21,24H,3-6,10-14,22H2,1-2H3. The lowest BCUT2D eigenvalue weighted by Crippen LogP contribution is -2.47. The highest BCUT2D eigenvalue weighted by Gasteiger charge is 2.27. The molecule has 3 nitrogen and oxygen atoms in total. The summed E-state index contributed by atoms with van der Waals surface area (Å²) >= 11 is 0. The smallest absolute Gasteiger partial charge is 0.0566 e. The van der Waals surface area contributed by atoms with Crippen molar-refractivity contribution in [2.24, 2.45) is 17.6 Å². The van der Waals surface area contributed by atoms with Crippen LogP contribution >= 0.6 is 0 Å². The maximum atomic E-state index is 10.2. The van der Waals surface area contributed by atoms with Gasteiger partial charge >= 0.3 is 0 Å². The number of aryl methyl sites for hydroxylation is 2. The molecular formula is C21H34N2O. The highest BCUT2D eigenvalue weighted by atomic mass is 16.3. The van der Waals surface area contributed by atoms with Gasteiger partial charge in [-0.05, 0) is 67.1 Å². The summed E-state index contributed by atoms with van der Waals surface area (Å²) in [4.78, 5) is 2.50. The molecule has 3 rings (SSSR count). The molecule has 134 valence electrons. The topological polar surface area (TPSA) is 49.5 Å². The third kappa shape index (κ3) is 4.59. The summed E-state index contributed by atoms with van der Waals surface area (Å²) in [6.07, 6.45) is 6.89. The van der Waals surface area contributed by atoms with Crippen LogP contribution in [0.2, 0.25) is 0 Å². The minimum Gasteiger partial charge on any atom is -0.393 e. The lowest BCUT2D eigenvalue weighted by atomic mass is 9.86. The SMILES string of the molecule is CC(C)C(O)CC1CC(N)CN(Cc2ccc3c(c2)CCCC3)C1. The first kappa shape index (κ1) is 17.9. The van der Waals surface area contributed by atoms with Crippen LogP contribution in [-0.2, 0) is 19.4 Å². The maximum absolute atomic E-state index is 10.2. The van der Waals surface area contributed by atoms with Crippen molar-refractivity contribution >= 4 is 0 Å². The average Bonchev–Trinajstić information content (AvgIpc) is 2.54. The van der Waals surface area contributed by atoms with Gasteiger partial charge in [0, 0.05) is 25.7 Å². The number of hydrogen-bond acceptors (Lipinski definition) is 3. The number of aliphatic hydroxyl groups excluding tert-OH is 1. The number of hydrogen-bond donors (Lipinski definition) is 2. The van der Waals surface area contributed by atoms with Crippen LogP contribution < -0.4 is 5.73 Å². The molecule has 1 fully saturated rings. The molecule has 1 aliphatic heterocycles. The van der Waals surface area contributed by atoms with Gasteiger partial charge < -0.3 is 10.8 Å². The minimum atomic E-state index is -0.203. The van der Waals surface area contributed by atoms with Crippen molar-refractivity contribution in [3.05, 3.63) is 34.9 Å². The number of piperidine rings is 1. The summed E-state index contributed by atoms with van der Waals surface area (Å²) in [5.41, 5.74) is 10.8. The van der Waals surface area contributed by atoms with E-state index in [2.05, 4.69) is 36.9 Å². The molecule has 0 spiro atoms. The van der Waals surface area contributed by atoms with Crippen LogP contribution in [0.5, 0.6) is 0 Å². The van der Waals surface area contributed by atoms with Crippen LogP contribution in [0, 0.1) is 11.8 Å². The Balaban J connectivity index is 1.61. The van der Waals surface area contributed by atoms with E-state index >= 15 is 0 Å². The van der Waals surface area contributed by atoms with E-state index < -0.39 is 0 Å². The normalized spacial score (nSPS) is 26.4. The molecule has 3 unspecified atom stereocenters. The molecule has 0 radical (unpaired) electrons. The molecule has 1 aliphatic carbocycles. The Morgan fingerprint density at radius 1 is 1.17 bits per heavy atom. The van der Waals surface area contributed by atoms with Gasteiger partial charge in [0.15, 0.2) is 0 Å². The number of aliphatic hydroxyl groups is 1. The van der Waals surface area contributed by atoms with Gasteiger partial charge in [-0.25, -0.2) is 0 Å². The lowest BCUT2D eigenvalue weighted by Gasteiger charge is -2.37. The van der Waals surface area contributed by atoms with E-state index in [1.807, 2.05) is 0 Å². The molecule has 3 atom stereocenters. The van der Waals surface area contributed by atoms with Crippen molar-refractivity contribution in [1.29, 1.82) is 0 Å². The van der Waals surface area contributed by atoms with Crippen molar-refractivity contribution in [3.8, 4) is 0 Å². The molecule has 1 aromatic rings. The summed E-state index contributed by atoms with van der Waals surface area (Å²) in [6, 6.07) is 7.31. The molecule has 2 aliphatic rings. The molecule has 3 N–H and O–H groups in total. The van der Waals surface area contributed by atoms with Gasteiger partial charge in [0.05, 0.1) is 6.10 Å². The van der Waals surface area contributed by atoms with Crippen molar-refractivity contribution in [2.45, 2.75) is 71.1 Å². The molecule has 0 saturated carbocycles. The fraction of sp³-hybridized carbons (Fsp3) is 0.714. The molecular weight excluding hydrogens is 296 g/mol. The fourth-order valence-corrected chi connectivity index (χ4v) is 4.41. The second-order valence-electron chi connectivity index (χ2n) is 8.41. The van der Waals surface area contributed by atoms with Crippen LogP contribution in [0.3, 0.4) is 0 Å². The molecule has 0 aromatic heterocycles. The quantitative estimate of drug-likeness (QED) is 0.872. The average molecular weight is 331 g/mol. The molecule has 24 heavy (non-hydrogen) atoms. The monoisotopic (exact) mass is 330 g/mol. The van der Waals surface area contributed by atoms with Gasteiger partial charge in [0.1, 0.15) is 0 Å². The Morgan fingerprint density at radius 3 is 2.67 bits per heavy atom. The van der Waals surface area contributed by atoms with E-state index in [4.69, 9.17) is 5.73 Å². The molecule has 3 heteroatoms. The molecule has 0 amide bonds. The van der Waals surface area contributed by atoms with Crippen LogP contribution in [0.15, 0.2) is 18.2 Å². The van der Waals surface area contributed by atoms with Gasteiger partial charge in [-0.3, -0.25) is 4.90 Å². The van der Waals surface area contributed by atoms with E-state index in [1.165, 1.54) is 31.2 Å². The predicted octanol–water partition coefficient (Wildman–Crippen LogP) is 3.12. The first-order valence-electron chi connectivity index (χ1n) is 9.78. The third-order valence-electron chi connectivity index (χ3n) is 5.81. The first-order valence-corrected chi connectivity index (χ1v) is 9.78. The largest absolute Gasteiger partial charge is 0.393 e. The Bertz CT molecular complexity index is 543. The lowest BCUT2D eigenvalue weighted by molar-refractivity contribution is 0.0642. The molecule has 1 heterocycles. The zero-order valence-electron chi connectivity index (χ0n) is 15.4. The summed E-state index contributed by atoms with van der Waals surface area (Å²) in [5, 5.41) is 10.2. The van der Waals surface area contributed by atoms with Gasteiger partial charge in [-0.15, -0.1) is 0 Å². The van der Waals surface area contributed by atoms with Crippen LogP contribution in [0.1, 0.15) is 56.2 Å². The molecule has 1 aromatic carbocycles. The van der Waals surface area contributed by atoms with E-state index in [9.17, 15) is 5.11 Å². The van der Waals surface area contributed by atoms with Crippen molar-refractivity contribution < 1.29 is 5.11 Å². The zero-order valence-corrected chi connectivity index (χ0v) is 15.4. The van der Waals surface area contributed by atoms with Gasteiger partial charge in [-0.1, -0.05) is 32.0 Å². The minimum absolute atomic E-state index is 0.203. The maximum Gasteiger partial charge on any atom is 0.0566 e. The Morgan fingerprint density at radius 2 is 1.92 bits per heavy atom. The van der Waals surface area contributed by atoms with Gasteiger partial charge in [-0.2, -0.15) is 0 Å². The molecule has 1 saturated heterocycles. The fourth-order valence-electron chi connectivity index (χ4n) is 4.41.